The zero-order valence-electron chi connectivity index (χ0n) is 15.0. The first kappa shape index (κ1) is 16.5. The van der Waals surface area contributed by atoms with Gasteiger partial charge in [0.2, 0.25) is 5.36 Å². The average molecular weight is 324 g/mol. The van der Waals surface area contributed by atoms with E-state index in [1.165, 1.54) is 10.9 Å². The summed E-state index contributed by atoms with van der Waals surface area (Å²) in [6.07, 6.45) is 1.10. The zero-order valence-corrected chi connectivity index (χ0v) is 15.0. The summed E-state index contributed by atoms with van der Waals surface area (Å²) in [5.74, 6) is 0.831. The lowest BCUT2D eigenvalue weighted by Gasteiger charge is -2.11. The van der Waals surface area contributed by atoms with E-state index in [0.717, 1.165) is 54.3 Å². The summed E-state index contributed by atoms with van der Waals surface area (Å²) in [7, 11) is 0. The number of hydrogen-bond donors (Lipinski definition) is 1. The van der Waals surface area contributed by atoms with Crippen LogP contribution in [0.3, 0.4) is 0 Å². The SMILES string of the molecule is CCCNc1cc2oc3cc(=[N+](CC)CC)ccc-3nc2cc1C. The van der Waals surface area contributed by atoms with Gasteiger partial charge in [0.25, 0.3) is 0 Å². The lowest BCUT2D eigenvalue weighted by Crippen LogP contribution is -2.29. The topological polar surface area (TPSA) is 41.1 Å². The summed E-state index contributed by atoms with van der Waals surface area (Å²) in [6.45, 7) is 11.5. The molecular formula is C20H26N3O+. The fraction of sp³-hybridized carbons (Fsp3) is 0.400. The molecular weight excluding hydrogens is 298 g/mol. The number of hydrogen-bond acceptors (Lipinski definition) is 3. The van der Waals surface area contributed by atoms with E-state index in [1.807, 2.05) is 6.07 Å². The molecule has 0 radical (unpaired) electrons. The Morgan fingerprint density at radius 2 is 1.88 bits per heavy atom. The van der Waals surface area contributed by atoms with Crippen LogP contribution in [0.15, 0.2) is 34.7 Å². The molecule has 4 heteroatoms. The molecule has 126 valence electrons. The minimum absolute atomic E-state index is 0.823. The number of aromatic nitrogens is 1. The molecule has 0 saturated heterocycles. The van der Waals surface area contributed by atoms with Crippen molar-refractivity contribution in [3.63, 3.8) is 0 Å². The molecule has 3 rings (SSSR count). The first-order valence-corrected chi connectivity index (χ1v) is 8.83. The van der Waals surface area contributed by atoms with Gasteiger partial charge in [-0.3, -0.25) is 0 Å². The smallest absolute Gasteiger partial charge is 0.203 e. The third kappa shape index (κ3) is 3.14. The number of benzene rings is 2. The van der Waals surface area contributed by atoms with Gasteiger partial charge in [0.15, 0.2) is 11.3 Å². The quantitative estimate of drug-likeness (QED) is 0.572. The van der Waals surface area contributed by atoms with E-state index in [2.05, 4.69) is 61.9 Å². The van der Waals surface area contributed by atoms with Crippen LogP contribution in [0.2, 0.25) is 0 Å². The van der Waals surface area contributed by atoms with Gasteiger partial charge in [0, 0.05) is 24.4 Å². The number of aryl methyl sites for hydroxylation is 1. The number of rotatable bonds is 5. The van der Waals surface area contributed by atoms with Crippen molar-refractivity contribution in [2.45, 2.75) is 34.1 Å². The summed E-state index contributed by atoms with van der Waals surface area (Å²) in [5, 5.41) is 4.63. The fourth-order valence-corrected chi connectivity index (χ4v) is 3.00. The maximum Gasteiger partial charge on any atom is 0.203 e. The lowest BCUT2D eigenvalue weighted by molar-refractivity contribution is 0.600. The Labute approximate surface area is 143 Å². The van der Waals surface area contributed by atoms with Crippen molar-refractivity contribution in [3.05, 3.63) is 41.3 Å². The first-order valence-electron chi connectivity index (χ1n) is 8.83. The van der Waals surface area contributed by atoms with Crippen LogP contribution in [-0.4, -0.2) is 24.6 Å². The predicted molar refractivity (Wildman–Crippen MR) is 100 cm³/mol. The summed E-state index contributed by atoms with van der Waals surface area (Å²) < 4.78 is 8.48. The van der Waals surface area contributed by atoms with Crippen LogP contribution in [0.1, 0.15) is 32.8 Å². The van der Waals surface area contributed by atoms with Crippen LogP contribution in [0, 0.1) is 6.92 Å². The Balaban J connectivity index is 2.18. The van der Waals surface area contributed by atoms with Crippen LogP contribution in [-0.2, 0) is 0 Å². The minimum Gasteiger partial charge on any atom is -0.452 e. The summed E-state index contributed by atoms with van der Waals surface area (Å²) in [4.78, 5) is 4.77. The molecule has 1 heterocycles. The molecule has 1 aliphatic heterocycles. The maximum absolute atomic E-state index is 6.17. The van der Waals surface area contributed by atoms with Crippen molar-refractivity contribution in [2.24, 2.45) is 0 Å². The molecule has 0 amide bonds. The largest absolute Gasteiger partial charge is 0.452 e. The second-order valence-electron chi connectivity index (χ2n) is 6.10. The van der Waals surface area contributed by atoms with Crippen LogP contribution >= 0.6 is 0 Å². The third-order valence-electron chi connectivity index (χ3n) is 4.40. The van der Waals surface area contributed by atoms with Crippen molar-refractivity contribution < 1.29 is 4.42 Å². The van der Waals surface area contributed by atoms with E-state index < -0.39 is 0 Å². The summed E-state index contributed by atoms with van der Waals surface area (Å²) in [6, 6.07) is 10.4. The molecule has 1 aliphatic carbocycles. The van der Waals surface area contributed by atoms with Crippen molar-refractivity contribution >= 4 is 16.8 Å². The molecule has 0 fully saturated rings. The number of nitrogens with one attached hydrogen (secondary N) is 1. The number of nitrogens with zero attached hydrogens (tertiary/aromatic N) is 2. The number of anilines is 1. The van der Waals surface area contributed by atoms with E-state index in [1.54, 1.807) is 0 Å². The molecule has 0 spiro atoms. The van der Waals surface area contributed by atoms with Crippen LogP contribution in [0.5, 0.6) is 0 Å². The Morgan fingerprint density at radius 1 is 1.08 bits per heavy atom. The minimum atomic E-state index is 0.823. The first-order chi connectivity index (χ1) is 11.7. The van der Waals surface area contributed by atoms with Crippen molar-refractivity contribution in [2.75, 3.05) is 25.0 Å². The van der Waals surface area contributed by atoms with Gasteiger partial charge in [-0.1, -0.05) is 6.92 Å². The van der Waals surface area contributed by atoms with Crippen molar-refractivity contribution in [1.29, 1.82) is 0 Å². The lowest BCUT2D eigenvalue weighted by atomic mass is 10.1. The summed E-state index contributed by atoms with van der Waals surface area (Å²) >= 11 is 0. The normalized spacial score (nSPS) is 11.2. The second-order valence-corrected chi connectivity index (χ2v) is 6.10. The van der Waals surface area contributed by atoms with Crippen molar-refractivity contribution in [3.8, 4) is 11.5 Å². The molecule has 1 N–H and O–H groups in total. The van der Waals surface area contributed by atoms with Gasteiger partial charge in [0.1, 0.15) is 24.3 Å². The Hall–Kier alpha value is -2.36. The van der Waals surface area contributed by atoms with Gasteiger partial charge in [-0.15, -0.1) is 0 Å². The molecule has 2 aliphatic rings. The highest BCUT2D eigenvalue weighted by atomic mass is 16.3. The monoisotopic (exact) mass is 324 g/mol. The molecule has 0 unspecified atom stereocenters. The zero-order chi connectivity index (χ0) is 17.1. The molecule has 0 atom stereocenters. The average Bonchev–Trinajstić information content (AvgIpc) is 2.59. The highest BCUT2D eigenvalue weighted by molar-refractivity contribution is 5.81. The highest BCUT2D eigenvalue weighted by Gasteiger charge is 2.12. The van der Waals surface area contributed by atoms with Gasteiger partial charge in [0.05, 0.1) is 6.07 Å². The number of fused-ring (bicyclic) bond motifs is 2. The van der Waals surface area contributed by atoms with Gasteiger partial charge in [-0.2, -0.15) is 0 Å². The van der Waals surface area contributed by atoms with E-state index in [4.69, 9.17) is 9.40 Å². The molecule has 4 nitrogen and oxygen atoms in total. The third-order valence-corrected chi connectivity index (χ3v) is 4.40. The molecule has 0 aromatic heterocycles. The molecule has 24 heavy (non-hydrogen) atoms. The Morgan fingerprint density at radius 3 is 2.58 bits per heavy atom. The molecule has 0 saturated carbocycles. The van der Waals surface area contributed by atoms with Gasteiger partial charge in [-0.05, 0) is 44.9 Å². The molecule has 1 aromatic rings. The summed E-state index contributed by atoms with van der Waals surface area (Å²) in [5.41, 5.74) is 4.93. The van der Waals surface area contributed by atoms with Gasteiger partial charge in [-0.25, -0.2) is 9.56 Å². The molecule has 1 aromatic carbocycles. The standard InChI is InChI=1S/C20H25N3O/c1-5-10-21-17-13-20-18(11-14(17)4)22-16-9-8-15(12-19(16)24-20)23(6-2)7-3/h8-9,11-13H,5-7,10H2,1-4H3/p+1. The Kier molecular flexibility index (Phi) is 4.84. The van der Waals surface area contributed by atoms with Gasteiger partial charge < -0.3 is 9.73 Å². The molecule has 0 bridgehead atoms. The van der Waals surface area contributed by atoms with Crippen LogP contribution < -0.4 is 15.2 Å². The van der Waals surface area contributed by atoms with E-state index in [0.29, 0.717) is 0 Å². The van der Waals surface area contributed by atoms with Crippen LogP contribution in [0.25, 0.3) is 22.6 Å². The second kappa shape index (κ2) is 7.04. The predicted octanol–water partition coefficient (Wildman–Crippen LogP) is 3.87. The maximum atomic E-state index is 6.17. The van der Waals surface area contributed by atoms with E-state index in [9.17, 15) is 0 Å². The highest BCUT2D eigenvalue weighted by Crippen LogP contribution is 2.27. The van der Waals surface area contributed by atoms with Crippen LogP contribution in [0.4, 0.5) is 5.69 Å². The fourth-order valence-electron chi connectivity index (χ4n) is 3.00. The van der Waals surface area contributed by atoms with Crippen molar-refractivity contribution in [1.82, 2.24) is 9.56 Å². The Bertz CT molecular complexity index is 889. The van der Waals surface area contributed by atoms with Gasteiger partial charge >= 0.3 is 0 Å². The van der Waals surface area contributed by atoms with E-state index >= 15 is 0 Å². The van der Waals surface area contributed by atoms with E-state index in [-0.39, 0.29) is 0 Å².